The number of benzene rings is 2. The number of aromatic hydroxyl groups is 4. The number of phenols is 4. The summed E-state index contributed by atoms with van der Waals surface area (Å²) in [7, 11) is 0. The van der Waals surface area contributed by atoms with Crippen LogP contribution in [0.5, 0.6) is 23.0 Å². The topological polar surface area (TPSA) is 211 Å². The van der Waals surface area contributed by atoms with Gasteiger partial charge in [-0.05, 0) is 47.5 Å². The van der Waals surface area contributed by atoms with Gasteiger partial charge < -0.3 is 45.2 Å². The van der Waals surface area contributed by atoms with E-state index in [1.165, 1.54) is 42.5 Å². The van der Waals surface area contributed by atoms with Gasteiger partial charge in [-0.1, -0.05) is 12.1 Å². The maximum atomic E-state index is 12.4. The molecule has 37 heavy (non-hydrogen) atoms. The van der Waals surface area contributed by atoms with Crippen molar-refractivity contribution in [2.24, 2.45) is 0 Å². The minimum Gasteiger partial charge on any atom is -0.504 e. The van der Waals surface area contributed by atoms with Crippen LogP contribution in [0, 0.1) is 0 Å². The zero-order valence-corrected chi connectivity index (χ0v) is 19.1. The van der Waals surface area contributed by atoms with Crippen LogP contribution in [-0.2, 0) is 23.9 Å². The third kappa shape index (κ3) is 6.78. The Morgan fingerprint density at radius 1 is 0.784 bits per heavy atom. The maximum Gasteiger partial charge on any atom is 0.335 e. The Morgan fingerprint density at radius 3 is 1.73 bits per heavy atom. The number of ether oxygens (including phenoxy) is 2. The minimum absolute atomic E-state index is 0.311. The number of phenolic OH excluding ortho intramolecular Hbond substituents is 4. The summed E-state index contributed by atoms with van der Waals surface area (Å²) in [4.78, 5) is 36.3. The Balaban J connectivity index is 1.75. The molecule has 2 aromatic rings. The second-order valence-electron chi connectivity index (χ2n) is 8.35. The van der Waals surface area contributed by atoms with Crippen LogP contribution in [0.4, 0.5) is 0 Å². The highest BCUT2D eigenvalue weighted by Gasteiger charge is 2.52. The Hall–Kier alpha value is -4.55. The minimum atomic E-state index is -2.46. The number of carboxylic acids is 1. The van der Waals surface area contributed by atoms with E-state index in [-0.39, 0.29) is 11.5 Å². The number of hydrogen-bond donors (Lipinski definition) is 7. The van der Waals surface area contributed by atoms with Crippen LogP contribution in [-0.4, -0.2) is 77.6 Å². The molecule has 1 fully saturated rings. The van der Waals surface area contributed by atoms with E-state index in [0.717, 1.165) is 18.2 Å². The first-order valence-corrected chi connectivity index (χ1v) is 10.8. The lowest BCUT2D eigenvalue weighted by Crippen LogP contribution is -2.58. The van der Waals surface area contributed by atoms with Crippen LogP contribution in [0.3, 0.4) is 0 Å². The average Bonchev–Trinajstić information content (AvgIpc) is 2.82. The summed E-state index contributed by atoms with van der Waals surface area (Å²) in [6.07, 6.45) is -1.86. The van der Waals surface area contributed by atoms with Crippen LogP contribution < -0.4 is 0 Å². The smallest absolute Gasteiger partial charge is 0.335 e. The highest BCUT2D eigenvalue weighted by atomic mass is 16.6. The van der Waals surface area contributed by atoms with E-state index < -0.39 is 66.2 Å². The fraction of sp³-hybridized carbons (Fsp3) is 0.240. The summed E-state index contributed by atoms with van der Waals surface area (Å²) < 4.78 is 10.4. The Labute approximate surface area is 209 Å². The highest BCUT2D eigenvalue weighted by Crippen LogP contribution is 2.33. The van der Waals surface area contributed by atoms with Gasteiger partial charge in [-0.3, -0.25) is 0 Å². The summed E-state index contributed by atoms with van der Waals surface area (Å²) in [5.41, 5.74) is -1.82. The standard InChI is InChI=1S/C25H24O12/c26-15-5-1-13(9-17(15)28)3-7-21(31)36-20-12-25(35,24(33)34)11-19(30)23(20)37-22(32)8-4-14-2-6-16(27)18(29)10-14/h1-10,19-20,23,26-30,35H,11-12H2,(H,33,34)/b7-3+,8-4+/t19-,20+,23-,25+/m0/s1. The number of aliphatic hydroxyl groups excluding tert-OH is 1. The Kier molecular flexibility index (Phi) is 8.05. The molecule has 3 rings (SSSR count). The lowest BCUT2D eigenvalue weighted by Gasteiger charge is -2.40. The first-order valence-electron chi connectivity index (χ1n) is 10.8. The predicted octanol–water partition coefficient (Wildman–Crippen LogP) is 1.03. The molecule has 0 amide bonds. The number of aliphatic carboxylic acids is 1. The lowest BCUT2D eigenvalue weighted by atomic mass is 9.79. The SMILES string of the molecule is O=C(/C=C/c1ccc(O)c(O)c1)O[C@H]1[C@@H](O)C[C@](O)(C(=O)O)C[C@H]1OC(=O)/C=C/c1ccc(O)c(O)c1. The summed E-state index contributed by atoms with van der Waals surface area (Å²) in [6.45, 7) is 0. The number of carbonyl (C=O) groups excluding carboxylic acids is 2. The van der Waals surface area contributed by atoms with Gasteiger partial charge >= 0.3 is 17.9 Å². The normalized spacial score (nSPS) is 23.7. The van der Waals surface area contributed by atoms with E-state index in [0.29, 0.717) is 11.1 Å². The summed E-state index contributed by atoms with van der Waals surface area (Å²) in [5, 5.41) is 68.0. The Morgan fingerprint density at radius 2 is 1.27 bits per heavy atom. The van der Waals surface area contributed by atoms with Crippen molar-refractivity contribution >= 4 is 30.1 Å². The number of rotatable bonds is 7. The van der Waals surface area contributed by atoms with E-state index >= 15 is 0 Å². The quantitative estimate of drug-likeness (QED) is 0.156. The molecule has 2 aromatic carbocycles. The van der Waals surface area contributed by atoms with Crippen molar-refractivity contribution < 1.29 is 59.6 Å². The molecule has 4 atom stereocenters. The van der Waals surface area contributed by atoms with Gasteiger partial charge in [0.05, 0.1) is 6.10 Å². The molecule has 196 valence electrons. The molecule has 0 spiro atoms. The van der Waals surface area contributed by atoms with Crippen LogP contribution in [0.1, 0.15) is 24.0 Å². The van der Waals surface area contributed by atoms with Gasteiger partial charge in [-0.2, -0.15) is 0 Å². The van der Waals surface area contributed by atoms with Crippen molar-refractivity contribution in [3.63, 3.8) is 0 Å². The van der Waals surface area contributed by atoms with Crippen molar-refractivity contribution in [3.05, 3.63) is 59.7 Å². The summed E-state index contributed by atoms with van der Waals surface area (Å²) in [6, 6.07) is 7.50. The number of hydrogen-bond acceptors (Lipinski definition) is 11. The van der Waals surface area contributed by atoms with Crippen molar-refractivity contribution in [2.45, 2.75) is 36.8 Å². The summed E-state index contributed by atoms with van der Waals surface area (Å²) >= 11 is 0. The van der Waals surface area contributed by atoms with E-state index in [4.69, 9.17) is 9.47 Å². The molecule has 0 aromatic heterocycles. The second-order valence-corrected chi connectivity index (χ2v) is 8.35. The molecule has 12 heteroatoms. The average molecular weight is 516 g/mol. The zero-order chi connectivity index (χ0) is 27.3. The van der Waals surface area contributed by atoms with E-state index in [1.807, 2.05) is 0 Å². The molecule has 0 saturated heterocycles. The largest absolute Gasteiger partial charge is 0.504 e. The number of esters is 2. The number of carbonyl (C=O) groups is 3. The maximum absolute atomic E-state index is 12.4. The number of aliphatic hydroxyl groups is 2. The fourth-order valence-corrected chi connectivity index (χ4v) is 3.66. The van der Waals surface area contributed by atoms with Gasteiger partial charge in [0.25, 0.3) is 0 Å². The van der Waals surface area contributed by atoms with Gasteiger partial charge in [0, 0.05) is 25.0 Å². The van der Waals surface area contributed by atoms with Gasteiger partial charge in [-0.25, -0.2) is 14.4 Å². The van der Waals surface area contributed by atoms with Crippen LogP contribution in [0.25, 0.3) is 12.2 Å². The zero-order valence-electron chi connectivity index (χ0n) is 19.1. The molecule has 0 bridgehead atoms. The second kappa shape index (κ2) is 11.0. The molecule has 1 aliphatic rings. The van der Waals surface area contributed by atoms with Gasteiger partial charge in [-0.15, -0.1) is 0 Å². The molecule has 1 saturated carbocycles. The summed E-state index contributed by atoms with van der Waals surface area (Å²) in [5.74, 6) is -5.29. The van der Waals surface area contributed by atoms with Crippen LogP contribution >= 0.6 is 0 Å². The van der Waals surface area contributed by atoms with Crippen molar-refractivity contribution in [1.29, 1.82) is 0 Å². The monoisotopic (exact) mass is 516 g/mol. The van der Waals surface area contributed by atoms with Crippen LogP contribution in [0.2, 0.25) is 0 Å². The molecular weight excluding hydrogens is 492 g/mol. The number of carboxylic acid groups (broad SMARTS) is 1. The van der Waals surface area contributed by atoms with Gasteiger partial charge in [0.2, 0.25) is 0 Å². The van der Waals surface area contributed by atoms with E-state index in [2.05, 4.69) is 0 Å². The van der Waals surface area contributed by atoms with Crippen LogP contribution in [0.15, 0.2) is 48.6 Å². The first kappa shape index (κ1) is 27.0. The van der Waals surface area contributed by atoms with E-state index in [1.54, 1.807) is 0 Å². The van der Waals surface area contributed by atoms with Crippen molar-refractivity contribution in [1.82, 2.24) is 0 Å². The first-order chi connectivity index (χ1) is 17.4. The molecular formula is C25H24O12. The molecule has 0 aliphatic heterocycles. The molecule has 7 N–H and O–H groups in total. The van der Waals surface area contributed by atoms with Crippen molar-refractivity contribution in [2.75, 3.05) is 0 Å². The fourth-order valence-electron chi connectivity index (χ4n) is 3.66. The molecule has 0 radical (unpaired) electrons. The molecule has 0 heterocycles. The lowest BCUT2D eigenvalue weighted by molar-refractivity contribution is -0.204. The van der Waals surface area contributed by atoms with Gasteiger partial charge in [0.1, 0.15) is 6.10 Å². The van der Waals surface area contributed by atoms with E-state index in [9.17, 15) is 50.1 Å². The highest BCUT2D eigenvalue weighted by molar-refractivity contribution is 5.88. The Bertz CT molecular complexity index is 1250. The predicted molar refractivity (Wildman–Crippen MR) is 125 cm³/mol. The third-order valence-electron chi connectivity index (χ3n) is 5.57. The third-order valence-corrected chi connectivity index (χ3v) is 5.57. The molecule has 12 nitrogen and oxygen atoms in total. The molecule has 0 unspecified atom stereocenters. The van der Waals surface area contributed by atoms with Crippen molar-refractivity contribution in [3.8, 4) is 23.0 Å². The molecule has 1 aliphatic carbocycles. The van der Waals surface area contributed by atoms with Gasteiger partial charge in [0.15, 0.2) is 34.7 Å².